The second-order valence-corrected chi connectivity index (χ2v) is 5.22. The van der Waals surface area contributed by atoms with Gasteiger partial charge in [-0.15, -0.1) is 0 Å². The molecule has 0 rings (SSSR count). The van der Waals surface area contributed by atoms with Crippen molar-refractivity contribution in [2.75, 3.05) is 0 Å². The van der Waals surface area contributed by atoms with Gasteiger partial charge in [0.1, 0.15) is 6.04 Å². The maximum absolute atomic E-state index is 11.7. The fraction of sp³-hybridized carbons (Fsp3) is 0.857. The molecule has 0 saturated heterocycles. The SMILES string of the molecule is CCCCCC(C)NC(=O)N[C@H](C(=O)O)[C@@H](C)CC. The van der Waals surface area contributed by atoms with Crippen LogP contribution >= 0.6 is 0 Å². The predicted molar refractivity (Wildman–Crippen MR) is 76.2 cm³/mol. The van der Waals surface area contributed by atoms with Gasteiger partial charge in [0.15, 0.2) is 0 Å². The van der Waals surface area contributed by atoms with Crippen LogP contribution in [0.4, 0.5) is 4.79 Å². The number of hydrogen-bond acceptors (Lipinski definition) is 2. The molecule has 2 amide bonds. The van der Waals surface area contributed by atoms with Crippen molar-refractivity contribution in [3.63, 3.8) is 0 Å². The van der Waals surface area contributed by atoms with Crippen molar-refractivity contribution in [2.24, 2.45) is 5.92 Å². The number of amides is 2. The zero-order valence-corrected chi connectivity index (χ0v) is 12.5. The second-order valence-electron chi connectivity index (χ2n) is 5.22. The third kappa shape index (κ3) is 7.70. The first-order chi connectivity index (χ1) is 8.92. The highest BCUT2D eigenvalue weighted by molar-refractivity contribution is 5.82. The fourth-order valence-corrected chi connectivity index (χ4v) is 1.86. The van der Waals surface area contributed by atoms with Crippen molar-refractivity contribution in [1.29, 1.82) is 0 Å². The van der Waals surface area contributed by atoms with E-state index in [9.17, 15) is 9.59 Å². The van der Waals surface area contributed by atoms with Crippen LogP contribution in [0.2, 0.25) is 0 Å². The number of carbonyl (C=O) groups is 2. The molecule has 0 aliphatic rings. The Morgan fingerprint density at radius 1 is 1.11 bits per heavy atom. The van der Waals surface area contributed by atoms with E-state index in [-0.39, 0.29) is 12.0 Å². The Morgan fingerprint density at radius 3 is 2.21 bits per heavy atom. The Hall–Kier alpha value is -1.26. The molecule has 0 heterocycles. The molecule has 5 nitrogen and oxygen atoms in total. The Morgan fingerprint density at radius 2 is 1.74 bits per heavy atom. The molecule has 0 fully saturated rings. The lowest BCUT2D eigenvalue weighted by atomic mass is 9.99. The van der Waals surface area contributed by atoms with Crippen LogP contribution < -0.4 is 10.6 Å². The first kappa shape index (κ1) is 17.7. The van der Waals surface area contributed by atoms with Crippen LogP contribution in [0.15, 0.2) is 0 Å². The van der Waals surface area contributed by atoms with E-state index in [0.717, 1.165) is 25.7 Å². The number of rotatable bonds is 9. The highest BCUT2D eigenvalue weighted by atomic mass is 16.4. The van der Waals surface area contributed by atoms with E-state index >= 15 is 0 Å². The quantitative estimate of drug-likeness (QED) is 0.565. The number of hydrogen-bond donors (Lipinski definition) is 3. The summed E-state index contributed by atoms with van der Waals surface area (Å²) in [7, 11) is 0. The van der Waals surface area contributed by atoms with E-state index < -0.39 is 18.0 Å². The summed E-state index contributed by atoms with van der Waals surface area (Å²) in [5, 5.41) is 14.4. The highest BCUT2D eigenvalue weighted by Crippen LogP contribution is 2.08. The summed E-state index contributed by atoms with van der Waals surface area (Å²) < 4.78 is 0. The number of unbranched alkanes of at least 4 members (excludes halogenated alkanes) is 2. The molecule has 0 aliphatic carbocycles. The number of urea groups is 1. The van der Waals surface area contributed by atoms with Gasteiger partial charge < -0.3 is 15.7 Å². The van der Waals surface area contributed by atoms with Gasteiger partial charge >= 0.3 is 12.0 Å². The molecule has 0 aliphatic heterocycles. The minimum Gasteiger partial charge on any atom is -0.480 e. The summed E-state index contributed by atoms with van der Waals surface area (Å²) in [5.41, 5.74) is 0. The number of carboxylic acid groups (broad SMARTS) is 1. The number of nitrogens with one attached hydrogen (secondary N) is 2. The van der Waals surface area contributed by atoms with Crippen molar-refractivity contribution in [3.8, 4) is 0 Å². The maximum atomic E-state index is 11.7. The number of carbonyl (C=O) groups excluding carboxylic acids is 1. The summed E-state index contributed by atoms with van der Waals surface area (Å²) >= 11 is 0. The van der Waals surface area contributed by atoms with Gasteiger partial charge in [-0.05, 0) is 19.3 Å². The summed E-state index contributed by atoms with van der Waals surface area (Å²) in [5.74, 6) is -1.07. The van der Waals surface area contributed by atoms with Gasteiger partial charge in [-0.3, -0.25) is 0 Å². The first-order valence-corrected chi connectivity index (χ1v) is 7.22. The van der Waals surface area contributed by atoms with Gasteiger partial charge in [0.2, 0.25) is 0 Å². The standard InChI is InChI=1S/C14H28N2O3/c1-5-7-8-9-11(4)15-14(19)16-12(13(17)18)10(3)6-2/h10-12H,5-9H2,1-4H3,(H,17,18)(H2,15,16,19)/t10-,11?,12-/m0/s1. The van der Waals surface area contributed by atoms with Crippen molar-refractivity contribution >= 4 is 12.0 Å². The summed E-state index contributed by atoms with van der Waals surface area (Å²) in [4.78, 5) is 22.8. The van der Waals surface area contributed by atoms with E-state index in [1.54, 1.807) is 0 Å². The Labute approximate surface area is 116 Å². The molecule has 0 aromatic rings. The Balaban J connectivity index is 4.15. The number of aliphatic carboxylic acids is 1. The second kappa shape index (κ2) is 9.64. The molecular formula is C14H28N2O3. The predicted octanol–water partition coefficient (Wildman–Crippen LogP) is 2.75. The minimum atomic E-state index is -0.983. The molecule has 1 unspecified atom stereocenters. The molecule has 0 radical (unpaired) electrons. The van der Waals surface area contributed by atoms with Gasteiger partial charge in [-0.1, -0.05) is 46.5 Å². The lowest BCUT2D eigenvalue weighted by molar-refractivity contribution is -0.140. The minimum absolute atomic E-state index is 0.0675. The highest BCUT2D eigenvalue weighted by Gasteiger charge is 2.25. The molecule has 0 saturated carbocycles. The van der Waals surface area contributed by atoms with E-state index in [1.165, 1.54) is 0 Å². The van der Waals surface area contributed by atoms with E-state index in [1.807, 2.05) is 20.8 Å². The van der Waals surface area contributed by atoms with Crippen LogP contribution in [0.3, 0.4) is 0 Å². The molecule has 3 atom stereocenters. The smallest absolute Gasteiger partial charge is 0.326 e. The zero-order chi connectivity index (χ0) is 14.8. The Kier molecular flexibility index (Phi) is 9.00. The van der Waals surface area contributed by atoms with Gasteiger partial charge in [0, 0.05) is 6.04 Å². The Bertz CT molecular complexity index is 282. The fourth-order valence-electron chi connectivity index (χ4n) is 1.86. The lowest BCUT2D eigenvalue weighted by Gasteiger charge is -2.22. The van der Waals surface area contributed by atoms with Crippen molar-refractivity contribution in [1.82, 2.24) is 10.6 Å². The van der Waals surface area contributed by atoms with Crippen molar-refractivity contribution < 1.29 is 14.7 Å². The van der Waals surface area contributed by atoms with Gasteiger partial charge in [-0.25, -0.2) is 9.59 Å². The number of carboxylic acids is 1. The van der Waals surface area contributed by atoms with Crippen LogP contribution in [0, 0.1) is 5.92 Å². The molecule has 5 heteroatoms. The molecule has 0 spiro atoms. The van der Waals surface area contributed by atoms with E-state index in [0.29, 0.717) is 6.42 Å². The average molecular weight is 272 g/mol. The summed E-state index contributed by atoms with van der Waals surface area (Å²) in [6.45, 7) is 7.81. The van der Waals surface area contributed by atoms with Crippen LogP contribution in [0.25, 0.3) is 0 Å². The summed E-state index contributed by atoms with van der Waals surface area (Å²) in [6, 6.07) is -1.15. The first-order valence-electron chi connectivity index (χ1n) is 7.22. The largest absolute Gasteiger partial charge is 0.480 e. The normalized spacial score (nSPS) is 15.4. The van der Waals surface area contributed by atoms with Crippen LogP contribution in [0.5, 0.6) is 0 Å². The molecule has 19 heavy (non-hydrogen) atoms. The van der Waals surface area contributed by atoms with Crippen LogP contribution in [0.1, 0.15) is 59.8 Å². The molecule has 112 valence electrons. The van der Waals surface area contributed by atoms with Gasteiger partial charge in [0.05, 0.1) is 0 Å². The molecular weight excluding hydrogens is 244 g/mol. The van der Waals surface area contributed by atoms with Crippen molar-refractivity contribution in [3.05, 3.63) is 0 Å². The van der Waals surface area contributed by atoms with E-state index in [2.05, 4.69) is 17.6 Å². The maximum Gasteiger partial charge on any atom is 0.326 e. The average Bonchev–Trinajstić information content (AvgIpc) is 2.35. The topological polar surface area (TPSA) is 78.4 Å². The zero-order valence-electron chi connectivity index (χ0n) is 12.5. The molecule has 0 bridgehead atoms. The monoisotopic (exact) mass is 272 g/mol. The van der Waals surface area contributed by atoms with Crippen LogP contribution in [-0.4, -0.2) is 29.2 Å². The molecule has 0 aromatic heterocycles. The van der Waals surface area contributed by atoms with Gasteiger partial charge in [0.25, 0.3) is 0 Å². The molecule has 3 N–H and O–H groups in total. The third-order valence-electron chi connectivity index (χ3n) is 3.38. The molecule has 0 aromatic carbocycles. The van der Waals surface area contributed by atoms with E-state index in [4.69, 9.17) is 5.11 Å². The van der Waals surface area contributed by atoms with Crippen LogP contribution in [-0.2, 0) is 4.79 Å². The third-order valence-corrected chi connectivity index (χ3v) is 3.38. The van der Waals surface area contributed by atoms with Crippen molar-refractivity contribution in [2.45, 2.75) is 71.9 Å². The lowest BCUT2D eigenvalue weighted by Crippen LogP contribution is -2.50. The van der Waals surface area contributed by atoms with Gasteiger partial charge in [-0.2, -0.15) is 0 Å². The summed E-state index contributed by atoms with van der Waals surface area (Å²) in [6.07, 6.45) is 5.00.